The Morgan fingerprint density at radius 3 is 2.41 bits per heavy atom. The molecule has 0 aliphatic rings. The molecule has 0 heterocycles. The second-order valence-electron chi connectivity index (χ2n) is 4.69. The van der Waals surface area contributed by atoms with Crippen molar-refractivity contribution in [3.05, 3.63) is 61.2 Å². The normalized spacial score (nSPS) is 12.8. The van der Waals surface area contributed by atoms with E-state index in [1.165, 1.54) is 7.11 Å². The van der Waals surface area contributed by atoms with Crippen molar-refractivity contribution in [1.29, 1.82) is 0 Å². The Hall–Kier alpha value is -2.40. The van der Waals surface area contributed by atoms with Gasteiger partial charge in [0.05, 0.1) is 7.11 Å². The predicted octanol–water partition coefficient (Wildman–Crippen LogP) is 2.50. The molecular formula is C17H21NO4. The van der Waals surface area contributed by atoms with Crippen LogP contribution in [-0.2, 0) is 25.8 Å². The first kappa shape index (κ1) is 17.7. The van der Waals surface area contributed by atoms with Crippen LogP contribution in [0.15, 0.2) is 55.6 Å². The summed E-state index contributed by atoms with van der Waals surface area (Å²) in [6.45, 7) is 9.00. The Kier molecular flexibility index (Phi) is 7.05. The van der Waals surface area contributed by atoms with Crippen LogP contribution in [0.1, 0.15) is 12.5 Å². The first-order valence-electron chi connectivity index (χ1n) is 6.88. The van der Waals surface area contributed by atoms with Gasteiger partial charge in [-0.25, -0.2) is 9.86 Å². The van der Waals surface area contributed by atoms with E-state index in [-0.39, 0.29) is 12.5 Å². The molecule has 1 amide bonds. The van der Waals surface area contributed by atoms with Gasteiger partial charge in [-0.1, -0.05) is 49.9 Å². The van der Waals surface area contributed by atoms with Gasteiger partial charge in [0, 0.05) is 5.92 Å². The minimum Gasteiger partial charge on any atom is -0.467 e. The molecule has 0 aliphatic carbocycles. The molecule has 5 heteroatoms. The number of rotatable bonds is 8. The molecule has 0 bridgehead atoms. The molecule has 0 saturated heterocycles. The van der Waals surface area contributed by atoms with Crippen molar-refractivity contribution >= 4 is 11.9 Å². The van der Waals surface area contributed by atoms with Crippen LogP contribution in [0, 0.1) is 5.92 Å². The van der Waals surface area contributed by atoms with Gasteiger partial charge in [0.1, 0.15) is 6.61 Å². The molecule has 1 aromatic carbocycles. The van der Waals surface area contributed by atoms with E-state index in [1.54, 1.807) is 13.0 Å². The molecular weight excluding hydrogens is 282 g/mol. The SMILES string of the molecule is C=CC(=O)N(OCc1ccccc1)C(C(=O)OC)C(C)C=C. The Bertz CT molecular complexity index is 527. The van der Waals surface area contributed by atoms with Gasteiger partial charge in [-0.05, 0) is 11.6 Å². The third-order valence-electron chi connectivity index (χ3n) is 3.17. The minimum atomic E-state index is -0.920. The van der Waals surface area contributed by atoms with Gasteiger partial charge < -0.3 is 4.74 Å². The summed E-state index contributed by atoms with van der Waals surface area (Å²) >= 11 is 0. The predicted molar refractivity (Wildman–Crippen MR) is 83.4 cm³/mol. The van der Waals surface area contributed by atoms with Crippen molar-refractivity contribution in [3.63, 3.8) is 0 Å². The van der Waals surface area contributed by atoms with E-state index in [0.717, 1.165) is 16.7 Å². The quantitative estimate of drug-likeness (QED) is 0.320. The summed E-state index contributed by atoms with van der Waals surface area (Å²) in [5, 5.41) is 0.998. The number of esters is 1. The van der Waals surface area contributed by atoms with Crippen molar-refractivity contribution in [2.75, 3.05) is 7.11 Å². The van der Waals surface area contributed by atoms with Gasteiger partial charge in [-0.2, -0.15) is 0 Å². The van der Waals surface area contributed by atoms with E-state index < -0.39 is 17.9 Å². The van der Waals surface area contributed by atoms with Crippen LogP contribution in [0.2, 0.25) is 0 Å². The maximum absolute atomic E-state index is 12.1. The highest BCUT2D eigenvalue weighted by atomic mass is 16.7. The van der Waals surface area contributed by atoms with Gasteiger partial charge in [0.25, 0.3) is 5.91 Å². The zero-order chi connectivity index (χ0) is 16.5. The molecule has 22 heavy (non-hydrogen) atoms. The maximum Gasteiger partial charge on any atom is 0.331 e. The number of hydrogen-bond donors (Lipinski definition) is 0. The Labute approximate surface area is 130 Å². The number of benzene rings is 1. The molecule has 0 saturated carbocycles. The van der Waals surface area contributed by atoms with Crippen LogP contribution < -0.4 is 0 Å². The summed E-state index contributed by atoms with van der Waals surface area (Å²) < 4.78 is 4.77. The summed E-state index contributed by atoms with van der Waals surface area (Å²) in [5.74, 6) is -1.43. The van der Waals surface area contributed by atoms with E-state index in [0.29, 0.717) is 0 Å². The lowest BCUT2D eigenvalue weighted by Gasteiger charge is -2.30. The molecule has 1 rings (SSSR count). The lowest BCUT2D eigenvalue weighted by atomic mass is 10.0. The van der Waals surface area contributed by atoms with Crippen molar-refractivity contribution in [3.8, 4) is 0 Å². The summed E-state index contributed by atoms with van der Waals surface area (Å²) in [4.78, 5) is 29.6. The van der Waals surface area contributed by atoms with Gasteiger partial charge in [-0.3, -0.25) is 9.63 Å². The Morgan fingerprint density at radius 1 is 1.27 bits per heavy atom. The largest absolute Gasteiger partial charge is 0.467 e. The van der Waals surface area contributed by atoms with E-state index in [4.69, 9.17) is 9.57 Å². The van der Waals surface area contributed by atoms with Crippen molar-refractivity contribution < 1.29 is 19.2 Å². The maximum atomic E-state index is 12.1. The topological polar surface area (TPSA) is 55.8 Å². The molecule has 2 atom stereocenters. The fourth-order valence-corrected chi connectivity index (χ4v) is 1.86. The second-order valence-corrected chi connectivity index (χ2v) is 4.69. The van der Waals surface area contributed by atoms with Gasteiger partial charge >= 0.3 is 5.97 Å². The highest BCUT2D eigenvalue weighted by Crippen LogP contribution is 2.17. The van der Waals surface area contributed by atoms with E-state index in [2.05, 4.69) is 13.2 Å². The van der Waals surface area contributed by atoms with Crippen LogP contribution in [0.4, 0.5) is 0 Å². The summed E-state index contributed by atoms with van der Waals surface area (Å²) in [6, 6.07) is 8.41. The molecule has 5 nitrogen and oxygen atoms in total. The van der Waals surface area contributed by atoms with E-state index >= 15 is 0 Å². The lowest BCUT2D eigenvalue weighted by Crippen LogP contribution is -2.48. The second kappa shape index (κ2) is 8.79. The third kappa shape index (κ3) is 4.56. The van der Waals surface area contributed by atoms with E-state index in [9.17, 15) is 9.59 Å². The van der Waals surface area contributed by atoms with Crippen molar-refractivity contribution in [2.45, 2.75) is 19.6 Å². The number of nitrogens with zero attached hydrogens (tertiary/aromatic N) is 1. The zero-order valence-corrected chi connectivity index (χ0v) is 12.9. The van der Waals surface area contributed by atoms with Crippen LogP contribution in [0.5, 0.6) is 0 Å². The number of hydrogen-bond acceptors (Lipinski definition) is 4. The Balaban J connectivity index is 2.98. The minimum absolute atomic E-state index is 0.151. The lowest BCUT2D eigenvalue weighted by molar-refractivity contribution is -0.212. The number of hydroxylamine groups is 2. The molecule has 0 spiro atoms. The average Bonchev–Trinajstić information content (AvgIpc) is 2.57. The summed E-state index contributed by atoms with van der Waals surface area (Å²) in [5.41, 5.74) is 0.874. The average molecular weight is 303 g/mol. The first-order valence-corrected chi connectivity index (χ1v) is 6.88. The van der Waals surface area contributed by atoms with Gasteiger partial charge in [-0.15, -0.1) is 6.58 Å². The van der Waals surface area contributed by atoms with Crippen LogP contribution in [0.25, 0.3) is 0 Å². The van der Waals surface area contributed by atoms with Crippen LogP contribution in [-0.4, -0.2) is 30.1 Å². The standard InChI is InChI=1S/C17H21NO4/c1-5-13(3)16(17(20)21-4)18(15(19)6-2)22-12-14-10-8-7-9-11-14/h5-11,13,16H,1-2,12H2,3-4H3. The molecule has 0 aliphatic heterocycles. The van der Waals surface area contributed by atoms with Gasteiger partial charge in [0.15, 0.2) is 6.04 Å². The summed E-state index contributed by atoms with van der Waals surface area (Å²) in [6.07, 6.45) is 2.66. The molecule has 1 aromatic rings. The molecule has 0 radical (unpaired) electrons. The van der Waals surface area contributed by atoms with Gasteiger partial charge in [0.2, 0.25) is 0 Å². The zero-order valence-electron chi connectivity index (χ0n) is 12.9. The number of carbonyl (C=O) groups is 2. The van der Waals surface area contributed by atoms with Crippen LogP contribution >= 0.6 is 0 Å². The van der Waals surface area contributed by atoms with Crippen LogP contribution in [0.3, 0.4) is 0 Å². The van der Waals surface area contributed by atoms with Crippen molar-refractivity contribution in [2.24, 2.45) is 5.92 Å². The van der Waals surface area contributed by atoms with E-state index in [1.807, 2.05) is 30.3 Å². The Morgan fingerprint density at radius 2 is 1.91 bits per heavy atom. The molecule has 118 valence electrons. The number of methoxy groups -OCH3 is 1. The fourth-order valence-electron chi connectivity index (χ4n) is 1.86. The number of ether oxygens (including phenoxy) is 1. The monoisotopic (exact) mass is 303 g/mol. The highest BCUT2D eigenvalue weighted by Gasteiger charge is 2.34. The smallest absolute Gasteiger partial charge is 0.331 e. The molecule has 0 N–H and O–H groups in total. The number of amides is 1. The summed E-state index contributed by atoms with van der Waals surface area (Å²) in [7, 11) is 1.26. The first-order chi connectivity index (χ1) is 10.5. The third-order valence-corrected chi connectivity index (χ3v) is 3.17. The molecule has 0 aromatic heterocycles. The fraction of sp³-hybridized carbons (Fsp3) is 0.294. The van der Waals surface area contributed by atoms with Crippen molar-refractivity contribution in [1.82, 2.24) is 5.06 Å². The molecule has 2 unspecified atom stereocenters. The number of carbonyl (C=O) groups excluding carboxylic acids is 2. The molecule has 0 fully saturated rings. The highest BCUT2D eigenvalue weighted by molar-refractivity contribution is 5.90.